The average Bonchev–Trinajstić information content (AvgIpc) is 2.35. The zero-order valence-electron chi connectivity index (χ0n) is 9.44. The number of nitrogens with one attached hydrogen (secondary N) is 1. The third kappa shape index (κ3) is 2.47. The fraction of sp³-hybridized carbons (Fsp3) is 0.167. The number of para-hydroxylation sites is 1. The van der Waals surface area contributed by atoms with Crippen molar-refractivity contribution >= 4 is 28.8 Å². The maximum atomic E-state index is 5.84. The van der Waals surface area contributed by atoms with Crippen molar-refractivity contribution in [1.82, 2.24) is 9.97 Å². The quantitative estimate of drug-likeness (QED) is 0.820. The van der Waals surface area contributed by atoms with Crippen molar-refractivity contribution in [2.75, 3.05) is 11.1 Å². The third-order valence-electron chi connectivity index (χ3n) is 2.49. The molecule has 5 heteroatoms. The van der Waals surface area contributed by atoms with E-state index in [9.17, 15) is 0 Å². The molecule has 0 radical (unpaired) electrons. The molecule has 0 bridgehead atoms. The molecule has 0 aliphatic rings. The van der Waals surface area contributed by atoms with E-state index in [4.69, 9.17) is 17.3 Å². The summed E-state index contributed by atoms with van der Waals surface area (Å²) in [5, 5.41) is 3.43. The molecule has 2 aromatic rings. The molecular formula is C12H13ClN4. The molecule has 1 heterocycles. The first-order valence-corrected chi connectivity index (χ1v) is 5.71. The highest BCUT2D eigenvalue weighted by atomic mass is 35.5. The first kappa shape index (κ1) is 11.7. The lowest BCUT2D eigenvalue weighted by atomic mass is 10.1. The lowest BCUT2D eigenvalue weighted by Gasteiger charge is -2.11. The molecule has 17 heavy (non-hydrogen) atoms. The molecule has 0 aliphatic carbocycles. The highest BCUT2D eigenvalue weighted by molar-refractivity contribution is 6.32. The summed E-state index contributed by atoms with van der Waals surface area (Å²) in [4.78, 5) is 7.89. The Kier molecular flexibility index (Phi) is 3.44. The predicted molar refractivity (Wildman–Crippen MR) is 70.6 cm³/mol. The molecule has 3 N–H and O–H groups in total. The van der Waals surface area contributed by atoms with Gasteiger partial charge in [0.1, 0.15) is 12.0 Å². The summed E-state index contributed by atoms with van der Waals surface area (Å²) in [6.07, 6.45) is 2.32. The van der Waals surface area contributed by atoms with E-state index in [1.165, 1.54) is 11.9 Å². The molecule has 0 saturated heterocycles. The average molecular weight is 249 g/mol. The number of aromatic nitrogens is 2. The van der Waals surface area contributed by atoms with Gasteiger partial charge in [-0.05, 0) is 18.1 Å². The van der Waals surface area contributed by atoms with Crippen molar-refractivity contribution < 1.29 is 0 Å². The number of nitrogen functional groups attached to an aromatic ring is 1. The van der Waals surface area contributed by atoms with Crippen molar-refractivity contribution in [2.24, 2.45) is 0 Å². The van der Waals surface area contributed by atoms with E-state index in [-0.39, 0.29) is 5.15 Å². The topological polar surface area (TPSA) is 63.8 Å². The van der Waals surface area contributed by atoms with E-state index < -0.39 is 0 Å². The van der Waals surface area contributed by atoms with Gasteiger partial charge < -0.3 is 11.1 Å². The maximum absolute atomic E-state index is 5.84. The van der Waals surface area contributed by atoms with Gasteiger partial charge in [-0.2, -0.15) is 0 Å². The van der Waals surface area contributed by atoms with Crippen molar-refractivity contribution in [3.05, 3.63) is 41.3 Å². The number of rotatable bonds is 3. The largest absolute Gasteiger partial charge is 0.393 e. The van der Waals surface area contributed by atoms with Crippen molar-refractivity contribution in [3.63, 3.8) is 0 Å². The SMILES string of the molecule is CCc1ccccc1Nc1ncnc(Cl)c1N. The van der Waals surface area contributed by atoms with E-state index in [0.717, 1.165) is 12.1 Å². The highest BCUT2D eigenvalue weighted by Crippen LogP contribution is 2.27. The maximum Gasteiger partial charge on any atom is 0.158 e. The van der Waals surface area contributed by atoms with Crippen LogP contribution in [0.2, 0.25) is 5.15 Å². The van der Waals surface area contributed by atoms with Crippen LogP contribution in [0.15, 0.2) is 30.6 Å². The normalized spacial score (nSPS) is 10.2. The summed E-state index contributed by atoms with van der Waals surface area (Å²) in [6.45, 7) is 2.09. The first-order valence-electron chi connectivity index (χ1n) is 5.33. The van der Waals surface area contributed by atoms with Gasteiger partial charge in [0.15, 0.2) is 11.0 Å². The minimum Gasteiger partial charge on any atom is -0.393 e. The van der Waals surface area contributed by atoms with Gasteiger partial charge in [0, 0.05) is 5.69 Å². The Morgan fingerprint density at radius 2 is 2.06 bits per heavy atom. The minimum absolute atomic E-state index is 0.261. The monoisotopic (exact) mass is 248 g/mol. The predicted octanol–water partition coefficient (Wildman–Crippen LogP) is 3.02. The second-order valence-corrected chi connectivity index (χ2v) is 3.92. The zero-order valence-corrected chi connectivity index (χ0v) is 10.2. The third-order valence-corrected chi connectivity index (χ3v) is 2.79. The zero-order chi connectivity index (χ0) is 12.3. The van der Waals surface area contributed by atoms with Crippen LogP contribution < -0.4 is 11.1 Å². The number of anilines is 3. The Hall–Kier alpha value is -1.81. The number of nitrogens with two attached hydrogens (primary N) is 1. The number of halogens is 1. The van der Waals surface area contributed by atoms with Gasteiger partial charge in [-0.3, -0.25) is 0 Å². The standard InChI is InChI=1S/C12H13ClN4/c1-2-8-5-3-4-6-9(8)17-12-10(14)11(13)15-7-16-12/h3-7H,2,14H2,1H3,(H,15,16,17). The van der Waals surface area contributed by atoms with E-state index in [2.05, 4.69) is 28.3 Å². The van der Waals surface area contributed by atoms with Crippen molar-refractivity contribution in [1.29, 1.82) is 0 Å². The molecule has 88 valence electrons. The smallest absolute Gasteiger partial charge is 0.158 e. The summed E-state index contributed by atoms with van der Waals surface area (Å²) in [6, 6.07) is 8.00. The summed E-state index contributed by atoms with van der Waals surface area (Å²) in [5.74, 6) is 0.533. The second-order valence-electron chi connectivity index (χ2n) is 3.56. The molecule has 2 rings (SSSR count). The van der Waals surface area contributed by atoms with Crippen LogP contribution >= 0.6 is 11.6 Å². The number of benzene rings is 1. The fourth-order valence-electron chi connectivity index (χ4n) is 1.55. The van der Waals surface area contributed by atoms with Crippen molar-refractivity contribution in [2.45, 2.75) is 13.3 Å². The Labute approximate surface area is 105 Å². The Balaban J connectivity index is 2.35. The number of nitrogens with zero attached hydrogens (tertiary/aromatic N) is 2. The van der Waals surface area contributed by atoms with E-state index in [0.29, 0.717) is 11.5 Å². The van der Waals surface area contributed by atoms with E-state index >= 15 is 0 Å². The second kappa shape index (κ2) is 5.01. The van der Waals surface area contributed by atoms with E-state index in [1.807, 2.05) is 18.2 Å². The summed E-state index contributed by atoms with van der Waals surface area (Å²) in [5.41, 5.74) is 8.34. The number of hydrogen-bond acceptors (Lipinski definition) is 4. The fourth-order valence-corrected chi connectivity index (χ4v) is 1.68. The van der Waals surface area contributed by atoms with Gasteiger partial charge in [0.2, 0.25) is 0 Å². The highest BCUT2D eigenvalue weighted by Gasteiger charge is 2.07. The molecule has 0 spiro atoms. The molecule has 0 unspecified atom stereocenters. The molecule has 0 amide bonds. The molecule has 1 aromatic carbocycles. The Morgan fingerprint density at radius 3 is 2.82 bits per heavy atom. The van der Waals surface area contributed by atoms with Crippen molar-refractivity contribution in [3.8, 4) is 0 Å². The van der Waals surface area contributed by atoms with Gasteiger partial charge in [-0.1, -0.05) is 36.7 Å². The van der Waals surface area contributed by atoms with Crippen LogP contribution in [0.4, 0.5) is 17.2 Å². The molecule has 0 atom stereocenters. The van der Waals surface area contributed by atoms with Gasteiger partial charge in [0.25, 0.3) is 0 Å². The van der Waals surface area contributed by atoms with Crippen LogP contribution in [0, 0.1) is 0 Å². The van der Waals surface area contributed by atoms with Gasteiger partial charge in [-0.25, -0.2) is 9.97 Å². The lowest BCUT2D eigenvalue weighted by Crippen LogP contribution is -2.02. The number of hydrogen-bond donors (Lipinski definition) is 2. The van der Waals surface area contributed by atoms with Crippen LogP contribution in [-0.2, 0) is 6.42 Å². The first-order chi connectivity index (χ1) is 8.22. The summed E-state index contributed by atoms with van der Waals surface area (Å²) >= 11 is 5.84. The lowest BCUT2D eigenvalue weighted by molar-refractivity contribution is 1.13. The number of aryl methyl sites for hydroxylation is 1. The van der Waals surface area contributed by atoms with Crippen LogP contribution in [0.1, 0.15) is 12.5 Å². The molecular weight excluding hydrogens is 236 g/mol. The van der Waals surface area contributed by atoms with Crippen LogP contribution in [0.5, 0.6) is 0 Å². The molecule has 1 aromatic heterocycles. The molecule has 0 saturated carbocycles. The van der Waals surface area contributed by atoms with Gasteiger partial charge in [0.05, 0.1) is 0 Å². The van der Waals surface area contributed by atoms with Crippen LogP contribution in [0.25, 0.3) is 0 Å². The molecule has 0 aliphatic heterocycles. The van der Waals surface area contributed by atoms with Gasteiger partial charge >= 0.3 is 0 Å². The minimum atomic E-state index is 0.261. The van der Waals surface area contributed by atoms with Gasteiger partial charge in [-0.15, -0.1) is 0 Å². The van der Waals surface area contributed by atoms with Crippen LogP contribution in [-0.4, -0.2) is 9.97 Å². The Bertz CT molecular complexity index is 528. The molecule has 4 nitrogen and oxygen atoms in total. The Morgan fingerprint density at radius 1 is 1.29 bits per heavy atom. The van der Waals surface area contributed by atoms with Crippen LogP contribution in [0.3, 0.4) is 0 Å². The summed E-state index contributed by atoms with van der Waals surface area (Å²) < 4.78 is 0. The van der Waals surface area contributed by atoms with E-state index in [1.54, 1.807) is 0 Å². The summed E-state index contributed by atoms with van der Waals surface area (Å²) in [7, 11) is 0. The molecule has 0 fully saturated rings.